The van der Waals surface area contributed by atoms with Gasteiger partial charge < -0.3 is 15.4 Å². The maximum Gasteiger partial charge on any atom is 0.407 e. The molecule has 1 aromatic heterocycles. The number of fused-ring (bicyclic) bond motifs is 1. The molecule has 128 valence electrons. The van der Waals surface area contributed by atoms with Gasteiger partial charge in [0.15, 0.2) is 5.25 Å². The zero-order valence-electron chi connectivity index (χ0n) is 11.7. The number of carbonyl (C=O) groups is 2. The number of thiophene rings is 1. The lowest BCUT2D eigenvalue weighted by atomic mass is 10.3. The number of ether oxygens (including phenoxy) is 1. The molecule has 1 aliphatic rings. The van der Waals surface area contributed by atoms with Crippen molar-refractivity contribution in [1.29, 1.82) is 0 Å². The molecule has 1 aliphatic heterocycles. The molecule has 2 amide bonds. The topological polar surface area (TPSA) is 162 Å². The molecule has 1 unspecified atom stereocenters. The molecule has 0 saturated carbocycles. The first kappa shape index (κ1) is 17.7. The van der Waals surface area contributed by atoms with E-state index in [0.29, 0.717) is 11.3 Å². The van der Waals surface area contributed by atoms with E-state index < -0.39 is 43.7 Å². The zero-order valence-corrected chi connectivity index (χ0v) is 14.2. The normalized spacial score (nSPS) is 19.6. The fourth-order valence-electron chi connectivity index (χ4n) is 1.84. The Kier molecular flexibility index (Phi) is 4.66. The molecule has 1 atom stereocenters. The summed E-state index contributed by atoms with van der Waals surface area (Å²) in [4.78, 5) is 23.2. The molecule has 0 radical (unpaired) electrons. The Morgan fingerprint density at radius 1 is 1.52 bits per heavy atom. The molecular formula is C10H13N3O7S3. The highest BCUT2D eigenvalue weighted by atomic mass is 32.3. The number of nitrogens with one attached hydrogen (secondary N) is 2. The number of hydrogen-bond donors (Lipinski definition) is 3. The van der Waals surface area contributed by atoms with Crippen LogP contribution in [0.25, 0.3) is 0 Å². The number of alkyl carbamates (subject to hydrolysis) is 1. The maximum absolute atomic E-state index is 12.4. The number of carbonyl (C=O) groups excluding carboxylic acids is 2. The molecule has 4 N–H and O–H groups in total. The van der Waals surface area contributed by atoms with Crippen LogP contribution in [0.1, 0.15) is 6.92 Å². The quantitative estimate of drug-likeness (QED) is 0.615. The van der Waals surface area contributed by atoms with Crippen molar-refractivity contribution in [2.45, 2.75) is 20.6 Å². The fraction of sp³-hybridized carbons (Fsp3) is 0.400. The van der Waals surface area contributed by atoms with Gasteiger partial charge >= 0.3 is 6.09 Å². The third-order valence-electron chi connectivity index (χ3n) is 2.85. The summed E-state index contributed by atoms with van der Waals surface area (Å²) in [7, 11) is -8.27. The minimum Gasteiger partial charge on any atom is -0.450 e. The molecule has 0 bridgehead atoms. The van der Waals surface area contributed by atoms with E-state index in [2.05, 4.69) is 15.4 Å². The highest BCUT2D eigenvalue weighted by molar-refractivity contribution is 7.96. The summed E-state index contributed by atoms with van der Waals surface area (Å²) in [6.45, 7) is 1.15. The highest BCUT2D eigenvalue weighted by Gasteiger charge is 2.42. The monoisotopic (exact) mass is 383 g/mol. The van der Waals surface area contributed by atoms with E-state index in [4.69, 9.17) is 5.14 Å². The number of nitrogens with two attached hydrogens (primary N) is 1. The Morgan fingerprint density at radius 3 is 2.74 bits per heavy atom. The highest BCUT2D eigenvalue weighted by Crippen LogP contribution is 2.39. The van der Waals surface area contributed by atoms with E-state index in [-0.39, 0.29) is 20.7 Å². The number of anilines is 1. The average Bonchev–Trinajstić information content (AvgIpc) is 2.83. The van der Waals surface area contributed by atoms with E-state index >= 15 is 0 Å². The van der Waals surface area contributed by atoms with Gasteiger partial charge in [-0.1, -0.05) is 0 Å². The van der Waals surface area contributed by atoms with Crippen LogP contribution in [-0.4, -0.2) is 47.2 Å². The fourth-order valence-corrected chi connectivity index (χ4v) is 5.97. The molecular weight excluding hydrogens is 370 g/mol. The van der Waals surface area contributed by atoms with Crippen LogP contribution in [0.5, 0.6) is 0 Å². The summed E-state index contributed by atoms with van der Waals surface area (Å²) in [5.41, 5.74) is -0.142. The summed E-state index contributed by atoms with van der Waals surface area (Å²) in [6.07, 6.45) is -0.863. The molecule has 2 rings (SSSR count). The lowest BCUT2D eigenvalue weighted by molar-refractivity contribution is -0.115. The first-order valence-electron chi connectivity index (χ1n) is 6.19. The van der Waals surface area contributed by atoms with Crippen LogP contribution < -0.4 is 15.8 Å². The Labute approximate surface area is 136 Å². The third kappa shape index (κ3) is 3.46. The van der Waals surface area contributed by atoms with E-state index in [9.17, 15) is 26.4 Å². The van der Waals surface area contributed by atoms with E-state index in [1.54, 1.807) is 6.92 Å². The van der Waals surface area contributed by atoms with E-state index in [1.165, 1.54) is 0 Å². The standard InChI is InChI=1S/C10H13N3O7S3/c1-2-20-10(15)12-4-6-8(14)13-5-3-7(23(11,18)19)21-9(5)22(6,16)17/h3,6H,2,4H2,1H3,(H,12,15)(H,13,14)(H2,11,18,19). The minimum atomic E-state index is -4.17. The molecule has 0 aromatic carbocycles. The number of sulfone groups is 1. The van der Waals surface area contributed by atoms with Crippen molar-refractivity contribution < 1.29 is 31.2 Å². The summed E-state index contributed by atoms with van der Waals surface area (Å²) >= 11 is 0.440. The molecule has 13 heteroatoms. The molecule has 0 spiro atoms. The summed E-state index contributed by atoms with van der Waals surface area (Å²) in [5, 5.41) is 7.83. The van der Waals surface area contributed by atoms with Gasteiger partial charge in [-0.3, -0.25) is 4.79 Å². The Hall–Kier alpha value is -1.70. The third-order valence-corrected chi connectivity index (χ3v) is 8.01. The number of amides is 2. The van der Waals surface area contributed by atoms with Gasteiger partial charge in [0.25, 0.3) is 0 Å². The van der Waals surface area contributed by atoms with Crippen molar-refractivity contribution in [1.82, 2.24) is 5.32 Å². The number of hydrogen-bond acceptors (Lipinski definition) is 8. The van der Waals surface area contributed by atoms with Crippen LogP contribution in [0, 0.1) is 0 Å². The molecule has 2 heterocycles. The molecule has 0 saturated heterocycles. The molecule has 0 fully saturated rings. The van der Waals surface area contributed by atoms with Crippen molar-refractivity contribution in [2.24, 2.45) is 5.14 Å². The van der Waals surface area contributed by atoms with Crippen LogP contribution in [0.15, 0.2) is 14.5 Å². The molecule has 23 heavy (non-hydrogen) atoms. The van der Waals surface area contributed by atoms with Crippen molar-refractivity contribution >= 4 is 48.9 Å². The first-order chi connectivity index (χ1) is 10.6. The lowest BCUT2D eigenvalue weighted by Gasteiger charge is -2.22. The second kappa shape index (κ2) is 6.07. The summed E-state index contributed by atoms with van der Waals surface area (Å²) < 4.78 is 51.4. The summed E-state index contributed by atoms with van der Waals surface area (Å²) in [6, 6.07) is 0.986. The van der Waals surface area contributed by atoms with Crippen molar-refractivity contribution in [3.63, 3.8) is 0 Å². The van der Waals surface area contributed by atoms with Gasteiger partial charge in [0, 0.05) is 6.54 Å². The summed E-state index contributed by atoms with van der Waals surface area (Å²) in [5.74, 6) is -0.881. The van der Waals surface area contributed by atoms with Gasteiger partial charge in [-0.05, 0) is 13.0 Å². The van der Waals surface area contributed by atoms with Gasteiger partial charge in [-0.25, -0.2) is 26.8 Å². The van der Waals surface area contributed by atoms with Crippen LogP contribution in [0.2, 0.25) is 0 Å². The number of rotatable bonds is 4. The van der Waals surface area contributed by atoms with Crippen LogP contribution in [0.4, 0.5) is 10.5 Å². The van der Waals surface area contributed by atoms with Crippen molar-refractivity contribution in [2.75, 3.05) is 18.5 Å². The van der Waals surface area contributed by atoms with Crippen LogP contribution in [-0.2, 0) is 29.4 Å². The molecule has 1 aromatic rings. The zero-order chi connectivity index (χ0) is 17.4. The first-order valence-corrected chi connectivity index (χ1v) is 10.1. The lowest BCUT2D eigenvalue weighted by Crippen LogP contribution is -2.46. The minimum absolute atomic E-state index is 0.0856. The number of primary sulfonamides is 1. The second-order valence-electron chi connectivity index (χ2n) is 4.44. The molecule has 0 aliphatic carbocycles. The van der Waals surface area contributed by atoms with Gasteiger partial charge in [-0.15, -0.1) is 11.3 Å². The van der Waals surface area contributed by atoms with Crippen LogP contribution >= 0.6 is 11.3 Å². The van der Waals surface area contributed by atoms with Gasteiger partial charge in [0.2, 0.25) is 25.8 Å². The van der Waals surface area contributed by atoms with Gasteiger partial charge in [-0.2, -0.15) is 0 Å². The Balaban J connectivity index is 2.34. The Bertz CT molecular complexity index is 856. The van der Waals surface area contributed by atoms with E-state index in [0.717, 1.165) is 6.07 Å². The van der Waals surface area contributed by atoms with Crippen molar-refractivity contribution in [3.05, 3.63) is 6.07 Å². The largest absolute Gasteiger partial charge is 0.450 e. The maximum atomic E-state index is 12.4. The Morgan fingerprint density at radius 2 is 2.17 bits per heavy atom. The van der Waals surface area contributed by atoms with Gasteiger partial charge in [0.1, 0.15) is 8.42 Å². The van der Waals surface area contributed by atoms with Gasteiger partial charge in [0.05, 0.1) is 12.3 Å². The number of sulfonamides is 1. The average molecular weight is 383 g/mol. The second-order valence-corrected chi connectivity index (χ2v) is 9.60. The smallest absolute Gasteiger partial charge is 0.407 e. The SMILES string of the molecule is CCOC(=O)NCC1C(=O)Nc2cc(S(N)(=O)=O)sc2S1(=O)=O. The van der Waals surface area contributed by atoms with E-state index in [1.807, 2.05) is 0 Å². The predicted molar refractivity (Wildman–Crippen MR) is 80.3 cm³/mol. The van der Waals surface area contributed by atoms with Crippen LogP contribution in [0.3, 0.4) is 0 Å². The molecule has 10 nitrogen and oxygen atoms in total. The predicted octanol–water partition coefficient (Wildman–Crippen LogP) is -0.764. The van der Waals surface area contributed by atoms with Crippen molar-refractivity contribution in [3.8, 4) is 0 Å².